The predicted molar refractivity (Wildman–Crippen MR) is 262 cm³/mol. The molecule has 2 aliphatic carbocycles. The van der Waals surface area contributed by atoms with Crippen molar-refractivity contribution in [3.63, 3.8) is 0 Å². The summed E-state index contributed by atoms with van der Waals surface area (Å²) < 4.78 is 29.3. The van der Waals surface area contributed by atoms with Gasteiger partial charge in [-0.15, -0.1) is 0 Å². The second-order valence-electron chi connectivity index (χ2n) is 17.7. The van der Waals surface area contributed by atoms with E-state index in [1.165, 1.54) is 6.08 Å². The lowest BCUT2D eigenvalue weighted by Crippen LogP contribution is -2.30. The normalized spacial score (nSPS) is 17.7. The lowest BCUT2D eigenvalue weighted by molar-refractivity contribution is -0.153. The van der Waals surface area contributed by atoms with Gasteiger partial charge in [-0.25, -0.2) is 14.8 Å². The van der Waals surface area contributed by atoms with E-state index in [9.17, 15) is 28.8 Å². The lowest BCUT2D eigenvalue weighted by Gasteiger charge is -2.28. The maximum atomic E-state index is 14.1. The Morgan fingerprint density at radius 2 is 1.03 bits per heavy atom. The van der Waals surface area contributed by atoms with E-state index < -0.39 is 29.7 Å². The summed E-state index contributed by atoms with van der Waals surface area (Å²) in [7, 11) is 0. The van der Waals surface area contributed by atoms with Gasteiger partial charge in [-0.2, -0.15) is 0 Å². The second-order valence-corrected chi connectivity index (χ2v) is 17.7. The van der Waals surface area contributed by atoms with Crippen LogP contribution in [0.4, 0.5) is 0 Å². The summed E-state index contributed by atoms with van der Waals surface area (Å²) in [5.41, 5.74) is 4.60. The molecule has 1 aromatic heterocycles. The van der Waals surface area contributed by atoms with E-state index in [-0.39, 0.29) is 71.7 Å². The molecule has 13 nitrogen and oxygen atoms in total. The number of aromatic nitrogens is 2. The van der Waals surface area contributed by atoms with Gasteiger partial charge in [0, 0.05) is 41.7 Å². The van der Waals surface area contributed by atoms with Crippen LogP contribution in [0.15, 0.2) is 135 Å². The van der Waals surface area contributed by atoms with Gasteiger partial charge in [0.2, 0.25) is 0 Å². The number of allylic oxidation sites excluding steroid dienone is 1. The third-order valence-corrected chi connectivity index (χ3v) is 12.9. The van der Waals surface area contributed by atoms with Crippen molar-refractivity contribution < 1.29 is 52.5 Å². The van der Waals surface area contributed by atoms with E-state index >= 15 is 0 Å². The van der Waals surface area contributed by atoms with Crippen molar-refractivity contribution in [3.05, 3.63) is 151 Å². The summed E-state index contributed by atoms with van der Waals surface area (Å²) in [6.45, 7) is 6.91. The number of esters is 5. The molecule has 6 aromatic rings. The van der Waals surface area contributed by atoms with Crippen LogP contribution in [0.2, 0.25) is 0 Å². The molecule has 0 atom stereocenters. The highest BCUT2D eigenvalue weighted by atomic mass is 16.6. The maximum Gasteiger partial charge on any atom is 0.335 e. The zero-order valence-electron chi connectivity index (χ0n) is 38.8. The molecule has 2 fully saturated rings. The van der Waals surface area contributed by atoms with Crippen LogP contribution in [-0.2, 0) is 57.5 Å². The highest BCUT2D eigenvalue weighted by Gasteiger charge is 2.33. The Bertz CT molecular complexity index is 2900. The largest absolute Gasteiger partial charge is 0.462 e. The fraction of sp³-hybridized carbons (Fsp3) is 0.298. The zero-order valence-corrected chi connectivity index (χ0v) is 38.8. The summed E-state index contributed by atoms with van der Waals surface area (Å²) in [5.74, 6) is -2.23. The zero-order chi connectivity index (χ0) is 49.0. The molecule has 0 N–H and O–H groups in total. The fourth-order valence-electron chi connectivity index (χ4n) is 8.96. The van der Waals surface area contributed by atoms with Crippen molar-refractivity contribution in [2.45, 2.75) is 95.7 Å². The van der Waals surface area contributed by atoms with Crippen LogP contribution in [0, 0.1) is 11.8 Å². The summed E-state index contributed by atoms with van der Waals surface area (Å²) >= 11 is 0. The molecule has 0 unspecified atom stereocenters. The first-order chi connectivity index (χ1) is 34.0. The number of rotatable bonds is 18. The van der Waals surface area contributed by atoms with Gasteiger partial charge >= 0.3 is 29.8 Å². The number of carbonyl (C=O) groups is 6. The minimum absolute atomic E-state index is 0.0522. The second kappa shape index (κ2) is 23.0. The number of carbonyl (C=O) groups excluding carboxylic acids is 6. The Hall–Kier alpha value is -7.80. The Morgan fingerprint density at radius 1 is 0.543 bits per heavy atom. The molecule has 2 saturated carbocycles. The number of nitrogens with zero attached hydrogens (tertiary/aromatic N) is 2. The Labute approximate surface area is 405 Å². The van der Waals surface area contributed by atoms with E-state index in [0.29, 0.717) is 86.4 Å². The van der Waals surface area contributed by atoms with E-state index in [4.69, 9.17) is 33.7 Å². The van der Waals surface area contributed by atoms with Crippen LogP contribution in [0.3, 0.4) is 0 Å². The van der Waals surface area contributed by atoms with Gasteiger partial charge in [0.25, 0.3) is 0 Å². The van der Waals surface area contributed by atoms with Crippen LogP contribution in [-0.4, -0.2) is 57.8 Å². The highest BCUT2D eigenvalue weighted by Crippen LogP contribution is 2.43. The Kier molecular flexibility index (Phi) is 16.0. The Balaban J connectivity index is 0.901. The van der Waals surface area contributed by atoms with Crippen molar-refractivity contribution in [1.29, 1.82) is 0 Å². The van der Waals surface area contributed by atoms with Crippen LogP contribution in [0.25, 0.3) is 33.1 Å². The summed E-state index contributed by atoms with van der Waals surface area (Å²) in [4.78, 5) is 86.7. The topological polar surface area (TPSA) is 174 Å². The highest BCUT2D eigenvalue weighted by molar-refractivity contribution is 6.10. The summed E-state index contributed by atoms with van der Waals surface area (Å²) in [5, 5.41) is 1.05. The minimum atomic E-state index is -0.551. The first-order valence-electron chi connectivity index (χ1n) is 23.8. The number of ether oxygens (including phenoxy) is 5. The van der Waals surface area contributed by atoms with Gasteiger partial charge in [-0.05, 0) is 99.1 Å². The molecular formula is C57H54N2O11. The van der Waals surface area contributed by atoms with E-state index in [1.54, 1.807) is 42.6 Å². The summed E-state index contributed by atoms with van der Waals surface area (Å²) in [6.07, 6.45) is 8.81. The number of hydrogen-bond acceptors (Lipinski definition) is 13. The van der Waals surface area contributed by atoms with Crippen molar-refractivity contribution >= 4 is 57.4 Å². The van der Waals surface area contributed by atoms with E-state index in [0.717, 1.165) is 28.3 Å². The third kappa shape index (κ3) is 12.4. The van der Waals surface area contributed by atoms with Crippen LogP contribution >= 0.6 is 0 Å². The molecule has 0 saturated heterocycles. The molecule has 13 heteroatoms. The van der Waals surface area contributed by atoms with Crippen LogP contribution < -0.4 is 14.2 Å². The standard InChI is InChI=1S/C57H54N2O11/c1-3-42(60)34-38-16-14-36(15-17-38)20-32-50(62)67-44-28-22-40(23-29-44)56(64)69-54-46-12-8-9-13-47(46)55(53-52(54)58-35-48(59-53)39-10-6-5-7-11-39)70-57(65)41-24-30-45(31-25-41)68-51(63)33-21-37-18-26-43(27-19-37)66-49(61)4-2/h3-19,26-27,35,40-41,44-45H,1-2,20-25,28-34H2/t40-,41-,44-,45-. The SMILES string of the molecule is C=CC(=O)Cc1ccc(CCC(=O)O[C@H]2CC[C@H](C(=O)Oc3c4ccccc4c(OC(=O)[C@H]4CC[C@H](OC(=O)CCc5ccc(OC(=O)C=C)cc5)CC4)c4nc(-c5ccccc5)cnc34)CC2)cc1. The van der Waals surface area contributed by atoms with Gasteiger partial charge < -0.3 is 23.7 Å². The smallest absolute Gasteiger partial charge is 0.335 e. The molecular weight excluding hydrogens is 889 g/mol. The fourth-order valence-corrected chi connectivity index (χ4v) is 8.96. The maximum absolute atomic E-state index is 14.1. The van der Waals surface area contributed by atoms with Crippen LogP contribution in [0.5, 0.6) is 17.2 Å². The molecule has 1 heterocycles. The molecule has 0 bridgehead atoms. The molecule has 8 rings (SSSR count). The van der Waals surface area contributed by atoms with Gasteiger partial charge in [0.15, 0.2) is 17.3 Å². The molecule has 70 heavy (non-hydrogen) atoms. The van der Waals surface area contributed by atoms with Gasteiger partial charge in [-0.1, -0.05) is 104 Å². The van der Waals surface area contributed by atoms with Crippen LogP contribution in [0.1, 0.15) is 80.9 Å². The van der Waals surface area contributed by atoms with Gasteiger partial charge in [0.05, 0.1) is 23.7 Å². The average Bonchev–Trinajstić information content (AvgIpc) is 3.39. The number of fused-ring (bicyclic) bond motifs is 2. The minimum Gasteiger partial charge on any atom is -0.462 e. The predicted octanol–water partition coefficient (Wildman–Crippen LogP) is 10.1. The molecule has 0 amide bonds. The lowest BCUT2D eigenvalue weighted by atomic mass is 9.87. The molecule has 358 valence electrons. The van der Waals surface area contributed by atoms with Crippen molar-refractivity contribution in [2.24, 2.45) is 11.8 Å². The molecule has 5 aromatic carbocycles. The molecule has 0 aliphatic heterocycles. The van der Waals surface area contributed by atoms with Crippen molar-refractivity contribution in [3.8, 4) is 28.5 Å². The van der Waals surface area contributed by atoms with Crippen molar-refractivity contribution in [2.75, 3.05) is 0 Å². The average molecular weight is 943 g/mol. The summed E-state index contributed by atoms with van der Waals surface area (Å²) in [6, 6.07) is 31.2. The van der Waals surface area contributed by atoms with Gasteiger partial charge in [-0.3, -0.25) is 24.0 Å². The number of hydrogen-bond donors (Lipinski definition) is 0. The molecule has 0 radical (unpaired) electrons. The molecule has 0 spiro atoms. The van der Waals surface area contributed by atoms with Crippen molar-refractivity contribution in [1.82, 2.24) is 9.97 Å². The number of ketones is 1. The third-order valence-electron chi connectivity index (χ3n) is 12.9. The Morgan fingerprint density at radius 3 is 1.54 bits per heavy atom. The quantitative estimate of drug-likeness (QED) is 0.0345. The monoisotopic (exact) mass is 942 g/mol. The van der Waals surface area contributed by atoms with E-state index in [2.05, 4.69) is 13.2 Å². The number of aryl methyl sites for hydroxylation is 2. The first-order valence-corrected chi connectivity index (χ1v) is 23.8. The number of benzene rings is 5. The first kappa shape index (κ1) is 48.6. The van der Waals surface area contributed by atoms with Gasteiger partial charge in [0.1, 0.15) is 29.0 Å². The van der Waals surface area contributed by atoms with E-state index in [1.807, 2.05) is 66.7 Å². The molecule has 2 aliphatic rings.